The number of esters is 1. The molecule has 0 saturated carbocycles. The number of nitrogens with one attached hydrogen (secondary N) is 1. The molecule has 1 atom stereocenters. The minimum absolute atomic E-state index is 0.261. The third-order valence-electron chi connectivity index (χ3n) is 2.88. The molecule has 0 saturated heterocycles. The lowest BCUT2D eigenvalue weighted by Crippen LogP contribution is -2.31. The van der Waals surface area contributed by atoms with Crippen molar-refractivity contribution in [3.63, 3.8) is 0 Å². The van der Waals surface area contributed by atoms with E-state index >= 15 is 0 Å². The number of hydrogen-bond donors (Lipinski definition) is 1. The van der Waals surface area contributed by atoms with E-state index in [4.69, 9.17) is 13.9 Å². The first-order chi connectivity index (χ1) is 11.0. The molecule has 7 heteroatoms. The van der Waals surface area contributed by atoms with Gasteiger partial charge in [-0.15, -0.1) is 0 Å². The highest BCUT2D eigenvalue weighted by Gasteiger charge is 2.13. The molecule has 1 N–H and O–H groups in total. The van der Waals surface area contributed by atoms with Crippen LogP contribution in [0.5, 0.6) is 5.75 Å². The smallest absolute Gasteiger partial charge is 0.344 e. The second-order valence-corrected chi connectivity index (χ2v) is 5.62. The number of benzene rings is 1. The Labute approximate surface area is 141 Å². The van der Waals surface area contributed by atoms with Crippen molar-refractivity contribution >= 4 is 27.8 Å². The Hall–Kier alpha value is -2.28. The summed E-state index contributed by atoms with van der Waals surface area (Å²) < 4.78 is 16.2. The van der Waals surface area contributed by atoms with Crippen molar-refractivity contribution in [2.24, 2.45) is 0 Å². The fraction of sp³-hybridized carbons (Fsp3) is 0.250. The zero-order chi connectivity index (χ0) is 16.7. The quantitative estimate of drug-likeness (QED) is 0.746. The highest BCUT2D eigenvalue weighted by molar-refractivity contribution is 9.10. The molecule has 0 aliphatic rings. The van der Waals surface area contributed by atoms with Gasteiger partial charge in [-0.05, 0) is 43.3 Å². The molecule has 0 bridgehead atoms. The predicted molar refractivity (Wildman–Crippen MR) is 85.9 cm³/mol. The van der Waals surface area contributed by atoms with E-state index < -0.39 is 11.9 Å². The van der Waals surface area contributed by atoms with Crippen LogP contribution in [0.3, 0.4) is 0 Å². The van der Waals surface area contributed by atoms with Gasteiger partial charge in [-0.2, -0.15) is 0 Å². The number of halogens is 1. The summed E-state index contributed by atoms with van der Waals surface area (Å²) in [5.41, 5.74) is 0. The summed E-state index contributed by atoms with van der Waals surface area (Å²) in [6.45, 7) is 1.14. The highest BCUT2D eigenvalue weighted by atomic mass is 79.9. The largest absolute Gasteiger partial charge is 0.482 e. The maximum absolute atomic E-state index is 11.7. The number of amides is 1. The number of carbonyl (C=O) groups is 2. The Kier molecular flexibility index (Phi) is 6.22. The van der Waals surface area contributed by atoms with E-state index in [1.807, 2.05) is 0 Å². The molecule has 6 nitrogen and oxygen atoms in total. The van der Waals surface area contributed by atoms with Crippen LogP contribution in [0.4, 0.5) is 0 Å². The first kappa shape index (κ1) is 17.1. The number of hydrogen-bond acceptors (Lipinski definition) is 5. The minimum atomic E-state index is -0.617. The van der Waals surface area contributed by atoms with Gasteiger partial charge in [0, 0.05) is 4.47 Å². The summed E-state index contributed by atoms with van der Waals surface area (Å²) in [5, 5.41) is 2.66. The molecule has 0 spiro atoms. The number of rotatable bonds is 7. The zero-order valence-corrected chi connectivity index (χ0v) is 14.0. The Morgan fingerprint density at radius 1 is 1.22 bits per heavy atom. The average Bonchev–Trinajstić information content (AvgIpc) is 3.07. The van der Waals surface area contributed by atoms with Crippen molar-refractivity contribution in [2.75, 3.05) is 13.2 Å². The first-order valence-corrected chi connectivity index (χ1v) is 7.70. The first-order valence-electron chi connectivity index (χ1n) is 6.91. The Morgan fingerprint density at radius 2 is 1.96 bits per heavy atom. The summed E-state index contributed by atoms with van der Waals surface area (Å²) in [7, 11) is 0. The van der Waals surface area contributed by atoms with Crippen LogP contribution in [0, 0.1) is 0 Å². The van der Waals surface area contributed by atoms with Crippen molar-refractivity contribution in [1.82, 2.24) is 5.32 Å². The Morgan fingerprint density at radius 3 is 2.61 bits per heavy atom. The molecule has 0 fully saturated rings. The second kappa shape index (κ2) is 8.38. The van der Waals surface area contributed by atoms with Crippen molar-refractivity contribution in [3.8, 4) is 5.75 Å². The average molecular weight is 382 g/mol. The Bertz CT molecular complexity index is 639. The van der Waals surface area contributed by atoms with Crippen molar-refractivity contribution in [1.29, 1.82) is 0 Å². The van der Waals surface area contributed by atoms with Gasteiger partial charge in [-0.3, -0.25) is 4.79 Å². The van der Waals surface area contributed by atoms with Crippen LogP contribution in [0.15, 0.2) is 51.6 Å². The molecule has 1 heterocycles. The predicted octanol–water partition coefficient (Wildman–Crippen LogP) is 2.84. The molecule has 0 radical (unpaired) electrons. The fourth-order valence-corrected chi connectivity index (χ4v) is 2.02. The molecule has 0 aliphatic heterocycles. The van der Waals surface area contributed by atoms with Gasteiger partial charge in [-0.1, -0.05) is 15.9 Å². The normalized spacial score (nSPS) is 11.6. The van der Waals surface area contributed by atoms with E-state index in [0.717, 1.165) is 4.47 Å². The van der Waals surface area contributed by atoms with Crippen LogP contribution >= 0.6 is 15.9 Å². The van der Waals surface area contributed by atoms with Crippen LogP contribution in [-0.2, 0) is 14.3 Å². The van der Waals surface area contributed by atoms with Crippen LogP contribution in [0.2, 0.25) is 0 Å². The molecule has 0 unspecified atom stereocenters. The highest BCUT2D eigenvalue weighted by Crippen LogP contribution is 2.16. The molecule has 2 rings (SSSR count). The van der Waals surface area contributed by atoms with Gasteiger partial charge < -0.3 is 19.2 Å². The standard InChI is InChI=1S/C16H16BrNO5/c1-11(14-3-2-8-21-14)18-15(19)9-23-16(20)10-22-13-6-4-12(17)5-7-13/h2-8,11H,9-10H2,1H3,(H,18,19)/t11-/m1/s1. The van der Waals surface area contributed by atoms with E-state index in [1.54, 1.807) is 43.3 Å². The number of carbonyl (C=O) groups excluding carboxylic acids is 2. The lowest BCUT2D eigenvalue weighted by Gasteiger charge is -2.11. The maximum Gasteiger partial charge on any atom is 0.344 e. The van der Waals surface area contributed by atoms with Gasteiger partial charge in [0.25, 0.3) is 5.91 Å². The maximum atomic E-state index is 11.7. The van der Waals surface area contributed by atoms with Gasteiger partial charge in [0.05, 0.1) is 12.3 Å². The van der Waals surface area contributed by atoms with Crippen LogP contribution in [0.25, 0.3) is 0 Å². The lowest BCUT2D eigenvalue weighted by molar-refractivity contribution is -0.150. The van der Waals surface area contributed by atoms with E-state index in [9.17, 15) is 9.59 Å². The van der Waals surface area contributed by atoms with Gasteiger partial charge in [0.15, 0.2) is 13.2 Å². The van der Waals surface area contributed by atoms with Crippen molar-refractivity contribution in [3.05, 3.63) is 52.9 Å². The minimum Gasteiger partial charge on any atom is -0.482 e. The number of furan rings is 1. The molecule has 0 aliphatic carbocycles. The Balaban J connectivity index is 1.67. The monoisotopic (exact) mass is 381 g/mol. The summed E-state index contributed by atoms with van der Waals surface area (Å²) in [5.74, 6) is 0.143. The molecular weight excluding hydrogens is 366 g/mol. The SMILES string of the molecule is C[C@@H](NC(=O)COC(=O)COc1ccc(Br)cc1)c1ccco1. The van der Waals surface area contributed by atoms with Crippen molar-refractivity contribution in [2.45, 2.75) is 13.0 Å². The third kappa shape index (κ3) is 5.78. The van der Waals surface area contributed by atoms with Gasteiger partial charge in [0.1, 0.15) is 11.5 Å². The van der Waals surface area contributed by atoms with Crippen LogP contribution < -0.4 is 10.1 Å². The van der Waals surface area contributed by atoms with Crippen molar-refractivity contribution < 1.29 is 23.5 Å². The second-order valence-electron chi connectivity index (χ2n) is 4.71. The van der Waals surface area contributed by atoms with E-state index in [1.165, 1.54) is 6.26 Å². The lowest BCUT2D eigenvalue weighted by atomic mass is 10.2. The van der Waals surface area contributed by atoms with Crippen LogP contribution in [0.1, 0.15) is 18.7 Å². The summed E-state index contributed by atoms with van der Waals surface area (Å²) in [4.78, 5) is 23.2. The van der Waals surface area contributed by atoms with E-state index in [-0.39, 0.29) is 19.3 Å². The van der Waals surface area contributed by atoms with E-state index in [0.29, 0.717) is 11.5 Å². The molecule has 23 heavy (non-hydrogen) atoms. The summed E-state index contributed by atoms with van der Waals surface area (Å²) in [6, 6.07) is 10.2. The molecule has 122 valence electrons. The molecule has 1 amide bonds. The van der Waals surface area contributed by atoms with Gasteiger partial charge in [-0.25, -0.2) is 4.79 Å². The molecule has 2 aromatic rings. The fourth-order valence-electron chi connectivity index (χ4n) is 1.75. The van der Waals surface area contributed by atoms with Gasteiger partial charge >= 0.3 is 5.97 Å². The third-order valence-corrected chi connectivity index (χ3v) is 3.41. The number of ether oxygens (including phenoxy) is 2. The summed E-state index contributed by atoms with van der Waals surface area (Å²) >= 11 is 3.30. The van der Waals surface area contributed by atoms with Gasteiger partial charge in [0.2, 0.25) is 0 Å². The molecular formula is C16H16BrNO5. The summed E-state index contributed by atoms with van der Waals surface area (Å²) in [6.07, 6.45) is 1.53. The topological polar surface area (TPSA) is 77.8 Å². The van der Waals surface area contributed by atoms with Crippen LogP contribution in [-0.4, -0.2) is 25.1 Å². The van der Waals surface area contributed by atoms with E-state index in [2.05, 4.69) is 21.2 Å². The molecule has 1 aromatic heterocycles. The molecule has 1 aromatic carbocycles. The zero-order valence-electron chi connectivity index (χ0n) is 12.5.